The summed E-state index contributed by atoms with van der Waals surface area (Å²) in [6.45, 7) is 0.542. The van der Waals surface area contributed by atoms with E-state index in [1.165, 1.54) is 16.2 Å². The van der Waals surface area contributed by atoms with Gasteiger partial charge in [0.05, 0.1) is 11.5 Å². The van der Waals surface area contributed by atoms with Crippen LogP contribution in [-0.4, -0.2) is 35.7 Å². The summed E-state index contributed by atoms with van der Waals surface area (Å²) in [5.74, 6) is -3.49. The number of piperidine rings is 1. The zero-order chi connectivity index (χ0) is 22.1. The molecule has 0 radical (unpaired) electrons. The Hall–Kier alpha value is -2.81. The van der Waals surface area contributed by atoms with Crippen LogP contribution in [0.15, 0.2) is 18.2 Å². The normalized spacial score (nSPS) is 18.4. The molecule has 0 unspecified atom stereocenters. The number of carbonyl (C=O) groups excluding carboxylic acids is 3. The molecule has 1 fully saturated rings. The van der Waals surface area contributed by atoms with E-state index in [2.05, 4.69) is 5.32 Å². The molecule has 31 heavy (non-hydrogen) atoms. The maximum Gasteiger partial charge on any atom is 0.254 e. The number of anilines is 1. The van der Waals surface area contributed by atoms with Crippen LogP contribution in [-0.2, 0) is 17.6 Å². The van der Waals surface area contributed by atoms with Gasteiger partial charge in [-0.25, -0.2) is 8.78 Å². The van der Waals surface area contributed by atoms with Crippen LogP contribution >= 0.6 is 11.3 Å². The van der Waals surface area contributed by atoms with Crippen LogP contribution in [0.5, 0.6) is 0 Å². The van der Waals surface area contributed by atoms with Gasteiger partial charge in [0.15, 0.2) is 0 Å². The second-order valence-electron chi connectivity index (χ2n) is 8.02. The summed E-state index contributed by atoms with van der Waals surface area (Å²) in [6, 6.07) is 2.69. The lowest BCUT2D eigenvalue weighted by atomic mass is 9.94. The fourth-order valence-electron chi connectivity index (χ4n) is 4.36. The average Bonchev–Trinajstić information content (AvgIpc) is 3.10. The quantitative estimate of drug-likeness (QED) is 0.751. The molecule has 4 rings (SSSR count). The summed E-state index contributed by atoms with van der Waals surface area (Å²) in [5, 5.41) is 3.33. The topological polar surface area (TPSA) is 92.5 Å². The van der Waals surface area contributed by atoms with E-state index in [1.54, 1.807) is 0 Å². The van der Waals surface area contributed by atoms with Crippen molar-refractivity contribution < 1.29 is 23.2 Å². The van der Waals surface area contributed by atoms with Gasteiger partial charge in [-0.3, -0.25) is 14.4 Å². The zero-order valence-electron chi connectivity index (χ0n) is 16.9. The van der Waals surface area contributed by atoms with Crippen molar-refractivity contribution in [2.24, 2.45) is 11.7 Å². The Morgan fingerprint density at radius 2 is 1.77 bits per heavy atom. The lowest BCUT2D eigenvalue weighted by molar-refractivity contribution is -0.121. The predicted octanol–water partition coefficient (Wildman–Crippen LogP) is 3.49. The van der Waals surface area contributed by atoms with Crippen LogP contribution < -0.4 is 11.1 Å². The van der Waals surface area contributed by atoms with Crippen molar-refractivity contribution >= 4 is 34.1 Å². The lowest BCUT2D eigenvalue weighted by Crippen LogP contribution is -2.43. The van der Waals surface area contributed by atoms with Gasteiger partial charge < -0.3 is 16.0 Å². The molecule has 1 saturated heterocycles. The highest BCUT2D eigenvalue weighted by Gasteiger charge is 2.31. The minimum atomic E-state index is -0.824. The number of nitrogens with one attached hydrogen (secondary N) is 1. The van der Waals surface area contributed by atoms with Crippen molar-refractivity contribution in [2.75, 3.05) is 18.4 Å². The first-order valence-corrected chi connectivity index (χ1v) is 11.2. The molecule has 1 aliphatic heterocycles. The van der Waals surface area contributed by atoms with Crippen LogP contribution in [0.25, 0.3) is 0 Å². The van der Waals surface area contributed by atoms with Gasteiger partial charge in [-0.05, 0) is 56.2 Å². The van der Waals surface area contributed by atoms with Gasteiger partial charge in [0, 0.05) is 29.6 Å². The fraction of sp³-hybridized carbons (Fsp3) is 0.409. The molecule has 9 heteroatoms. The van der Waals surface area contributed by atoms with Crippen LogP contribution in [0.4, 0.5) is 13.8 Å². The minimum absolute atomic E-state index is 0.0829. The number of thiophene rings is 1. The number of fused-ring (bicyclic) bond motifs is 1. The van der Waals surface area contributed by atoms with E-state index < -0.39 is 29.4 Å². The lowest BCUT2D eigenvalue weighted by Gasteiger charge is -2.32. The third kappa shape index (κ3) is 4.46. The Kier molecular flexibility index (Phi) is 6.04. The first kappa shape index (κ1) is 21.4. The SMILES string of the molecule is NC(=O)c1c(NC(=O)[C@H]2CCCN(C(=O)c3cc(F)cc(F)c3)C2)sc2c1CCCC2. The number of nitrogens with two attached hydrogens (primary N) is 1. The summed E-state index contributed by atoms with van der Waals surface area (Å²) >= 11 is 1.39. The molecular weight excluding hydrogens is 424 g/mol. The van der Waals surface area contributed by atoms with Gasteiger partial charge in [0.25, 0.3) is 11.8 Å². The molecule has 3 amide bonds. The summed E-state index contributed by atoms with van der Waals surface area (Å²) in [6.07, 6.45) is 4.83. The molecule has 1 atom stereocenters. The number of likely N-dealkylation sites (tertiary alicyclic amines) is 1. The Morgan fingerprint density at radius 3 is 2.48 bits per heavy atom. The molecule has 6 nitrogen and oxygen atoms in total. The standard InChI is InChI=1S/C22H23F2N3O3S/c23-14-8-13(9-15(24)10-14)22(30)27-7-3-4-12(11-27)20(29)26-21-18(19(25)28)16-5-1-2-6-17(16)31-21/h8-10,12H,1-7,11H2,(H2,25,28)(H,26,29)/t12-/m0/s1. The number of hydrogen-bond acceptors (Lipinski definition) is 4. The number of aryl methyl sites for hydroxylation is 1. The number of nitrogens with zero attached hydrogens (tertiary/aromatic N) is 1. The first-order valence-electron chi connectivity index (χ1n) is 10.3. The van der Waals surface area contributed by atoms with Crippen molar-refractivity contribution in [2.45, 2.75) is 38.5 Å². The summed E-state index contributed by atoms with van der Waals surface area (Å²) in [5.41, 5.74) is 6.84. The molecule has 2 aromatic rings. The van der Waals surface area contributed by atoms with Crippen molar-refractivity contribution in [1.29, 1.82) is 0 Å². The highest BCUT2D eigenvalue weighted by molar-refractivity contribution is 7.17. The molecule has 0 saturated carbocycles. The Bertz CT molecular complexity index is 1030. The first-order chi connectivity index (χ1) is 14.8. The largest absolute Gasteiger partial charge is 0.365 e. The molecular formula is C22H23F2N3O3S. The molecule has 164 valence electrons. The van der Waals surface area contributed by atoms with Crippen LogP contribution in [0, 0.1) is 17.6 Å². The van der Waals surface area contributed by atoms with Crippen molar-refractivity contribution in [3.05, 3.63) is 51.4 Å². The smallest absolute Gasteiger partial charge is 0.254 e. The van der Waals surface area contributed by atoms with Gasteiger partial charge in [-0.1, -0.05) is 0 Å². The number of halogens is 2. The maximum absolute atomic E-state index is 13.5. The Morgan fingerprint density at radius 1 is 1.06 bits per heavy atom. The van der Waals surface area contributed by atoms with Gasteiger partial charge >= 0.3 is 0 Å². The predicted molar refractivity (Wildman–Crippen MR) is 113 cm³/mol. The number of primary amides is 1. The summed E-state index contributed by atoms with van der Waals surface area (Å²) in [4.78, 5) is 40.2. The summed E-state index contributed by atoms with van der Waals surface area (Å²) < 4.78 is 27.0. The molecule has 1 aliphatic carbocycles. The molecule has 2 aliphatic rings. The number of benzene rings is 1. The van der Waals surface area contributed by atoms with Crippen LogP contribution in [0.2, 0.25) is 0 Å². The zero-order valence-corrected chi connectivity index (χ0v) is 17.7. The van der Waals surface area contributed by atoms with Crippen molar-refractivity contribution in [1.82, 2.24) is 4.90 Å². The monoisotopic (exact) mass is 447 g/mol. The number of amides is 3. The maximum atomic E-state index is 13.5. The van der Waals surface area contributed by atoms with E-state index in [0.29, 0.717) is 36.0 Å². The molecule has 0 bridgehead atoms. The van der Waals surface area contributed by atoms with Crippen molar-refractivity contribution in [3.63, 3.8) is 0 Å². The highest BCUT2D eigenvalue weighted by atomic mass is 32.1. The van der Waals surface area contributed by atoms with Gasteiger partial charge in [0.2, 0.25) is 5.91 Å². The van der Waals surface area contributed by atoms with Crippen LogP contribution in [0.3, 0.4) is 0 Å². The highest BCUT2D eigenvalue weighted by Crippen LogP contribution is 2.38. The van der Waals surface area contributed by atoms with E-state index >= 15 is 0 Å². The fourth-order valence-corrected chi connectivity index (χ4v) is 5.66. The van der Waals surface area contributed by atoms with Gasteiger partial charge in [0.1, 0.15) is 16.6 Å². The van der Waals surface area contributed by atoms with E-state index in [-0.39, 0.29) is 18.0 Å². The van der Waals surface area contributed by atoms with E-state index in [9.17, 15) is 23.2 Å². The van der Waals surface area contributed by atoms with E-state index in [0.717, 1.165) is 48.3 Å². The molecule has 1 aromatic carbocycles. The van der Waals surface area contributed by atoms with Crippen LogP contribution in [0.1, 0.15) is 56.8 Å². The number of rotatable bonds is 4. The molecule has 3 N–H and O–H groups in total. The second kappa shape index (κ2) is 8.74. The Balaban J connectivity index is 1.49. The Labute approximate surface area is 182 Å². The average molecular weight is 448 g/mol. The molecule has 1 aromatic heterocycles. The van der Waals surface area contributed by atoms with Gasteiger partial charge in [-0.15, -0.1) is 11.3 Å². The third-order valence-corrected chi connectivity index (χ3v) is 7.05. The third-order valence-electron chi connectivity index (χ3n) is 5.84. The van der Waals surface area contributed by atoms with E-state index in [1.807, 2.05) is 0 Å². The molecule has 0 spiro atoms. The number of hydrogen-bond donors (Lipinski definition) is 2. The van der Waals surface area contributed by atoms with Crippen molar-refractivity contribution in [3.8, 4) is 0 Å². The van der Waals surface area contributed by atoms with E-state index in [4.69, 9.17) is 5.73 Å². The minimum Gasteiger partial charge on any atom is -0.365 e. The second-order valence-corrected chi connectivity index (χ2v) is 9.12. The van der Waals surface area contributed by atoms with Gasteiger partial charge in [-0.2, -0.15) is 0 Å². The summed E-state index contributed by atoms with van der Waals surface area (Å²) in [7, 11) is 0. The molecule has 2 heterocycles. The number of carbonyl (C=O) groups is 3.